The largest absolute Gasteiger partial charge is 0.350 e. The Kier molecular flexibility index (Phi) is 5.26. The van der Waals surface area contributed by atoms with Gasteiger partial charge in [-0.25, -0.2) is 0 Å². The normalized spacial score (nSPS) is 11.5. The minimum Gasteiger partial charge on any atom is -0.350 e. The molecule has 1 aromatic heterocycles. The summed E-state index contributed by atoms with van der Waals surface area (Å²) in [6.07, 6.45) is 0. The highest BCUT2D eigenvalue weighted by Gasteiger charge is 2.11. The summed E-state index contributed by atoms with van der Waals surface area (Å²) < 4.78 is 0. The molecule has 0 aliphatic rings. The lowest BCUT2D eigenvalue weighted by Crippen LogP contribution is -2.38. The number of carbonyl (C=O) groups excluding carboxylic acids is 1. The Morgan fingerprint density at radius 2 is 2.14 bits per heavy atom. The second-order valence-corrected chi connectivity index (χ2v) is 5.83. The molecule has 0 spiro atoms. The van der Waals surface area contributed by atoms with Gasteiger partial charge < -0.3 is 10.3 Å². The van der Waals surface area contributed by atoms with Gasteiger partial charge in [-0.1, -0.05) is 24.6 Å². The number of H-pyrrole nitrogens is 1. The van der Waals surface area contributed by atoms with Crippen molar-refractivity contribution in [2.24, 2.45) is 0 Å². The van der Waals surface area contributed by atoms with E-state index in [9.17, 15) is 4.79 Å². The molecule has 0 aliphatic heterocycles. The lowest BCUT2D eigenvalue weighted by Gasteiger charge is -2.24. The molecule has 0 fully saturated rings. The summed E-state index contributed by atoms with van der Waals surface area (Å²) in [4.78, 5) is 17.6. The first kappa shape index (κ1) is 15.9. The van der Waals surface area contributed by atoms with Crippen LogP contribution in [0, 0.1) is 0 Å². The molecule has 1 aromatic carbocycles. The quantitative estimate of drug-likeness (QED) is 0.860. The summed E-state index contributed by atoms with van der Waals surface area (Å²) in [6, 6.07) is 7.89. The average molecular weight is 308 g/mol. The van der Waals surface area contributed by atoms with Gasteiger partial charge in [0.1, 0.15) is 5.69 Å². The van der Waals surface area contributed by atoms with E-state index in [0.717, 1.165) is 24.0 Å². The molecule has 1 amide bonds. The molecule has 0 bridgehead atoms. The molecule has 2 rings (SSSR count). The molecule has 1 heterocycles. The van der Waals surface area contributed by atoms with Crippen LogP contribution < -0.4 is 5.32 Å². The number of rotatable bonds is 6. The number of nitrogens with one attached hydrogen (secondary N) is 2. The summed E-state index contributed by atoms with van der Waals surface area (Å²) in [5.74, 6) is -0.0814. The maximum atomic E-state index is 12.1. The van der Waals surface area contributed by atoms with Crippen molar-refractivity contribution in [1.82, 2.24) is 15.2 Å². The lowest BCUT2D eigenvalue weighted by molar-refractivity contribution is 0.0941. The molecule has 0 unspecified atom stereocenters. The lowest BCUT2D eigenvalue weighted by atomic mass is 10.2. The Labute approximate surface area is 130 Å². The molecule has 0 aliphatic carbocycles. The van der Waals surface area contributed by atoms with E-state index in [1.54, 1.807) is 0 Å². The van der Waals surface area contributed by atoms with E-state index >= 15 is 0 Å². The number of aromatic amines is 1. The molecule has 2 aromatic rings. The first-order valence-electron chi connectivity index (χ1n) is 7.31. The highest BCUT2D eigenvalue weighted by Crippen LogP contribution is 2.19. The Morgan fingerprint density at radius 3 is 2.81 bits per heavy atom. The van der Waals surface area contributed by atoms with Crippen molar-refractivity contribution in [1.29, 1.82) is 0 Å². The van der Waals surface area contributed by atoms with Gasteiger partial charge in [0, 0.05) is 35.1 Å². The number of carbonyl (C=O) groups is 1. The predicted molar refractivity (Wildman–Crippen MR) is 88.0 cm³/mol. The second kappa shape index (κ2) is 6.96. The zero-order valence-electron chi connectivity index (χ0n) is 12.7. The topological polar surface area (TPSA) is 48.1 Å². The van der Waals surface area contributed by atoms with Crippen molar-refractivity contribution in [3.8, 4) is 0 Å². The van der Waals surface area contributed by atoms with Gasteiger partial charge in [0.2, 0.25) is 0 Å². The van der Waals surface area contributed by atoms with Crippen molar-refractivity contribution in [2.45, 2.75) is 26.8 Å². The molecule has 0 atom stereocenters. The van der Waals surface area contributed by atoms with Crippen LogP contribution in [0.25, 0.3) is 10.9 Å². The smallest absolute Gasteiger partial charge is 0.267 e. The third kappa shape index (κ3) is 3.99. The average Bonchev–Trinajstić information content (AvgIpc) is 2.86. The molecule has 5 heteroatoms. The number of amides is 1. The van der Waals surface area contributed by atoms with E-state index in [2.05, 4.69) is 36.0 Å². The number of fused-ring (bicyclic) bond motifs is 1. The first-order chi connectivity index (χ1) is 10.0. The van der Waals surface area contributed by atoms with Crippen LogP contribution in [0.3, 0.4) is 0 Å². The maximum Gasteiger partial charge on any atom is 0.267 e. The van der Waals surface area contributed by atoms with Gasteiger partial charge in [0.05, 0.1) is 0 Å². The minimum atomic E-state index is -0.0814. The van der Waals surface area contributed by atoms with E-state index in [1.165, 1.54) is 0 Å². The van der Waals surface area contributed by atoms with Gasteiger partial charge in [-0.05, 0) is 38.6 Å². The SMILES string of the molecule is CCN(CCNC(=O)c1cc2ccc(Cl)cc2[nH]1)C(C)C. The number of likely N-dealkylation sites (N-methyl/N-ethyl adjacent to an activating group) is 1. The fourth-order valence-electron chi connectivity index (χ4n) is 2.41. The van der Waals surface area contributed by atoms with E-state index in [-0.39, 0.29) is 5.91 Å². The predicted octanol–water partition coefficient (Wildman–Crippen LogP) is 3.28. The number of benzene rings is 1. The molecule has 21 heavy (non-hydrogen) atoms. The molecular weight excluding hydrogens is 286 g/mol. The molecule has 4 nitrogen and oxygen atoms in total. The second-order valence-electron chi connectivity index (χ2n) is 5.39. The number of hydrogen-bond acceptors (Lipinski definition) is 2. The summed E-state index contributed by atoms with van der Waals surface area (Å²) in [5.41, 5.74) is 1.45. The van der Waals surface area contributed by atoms with Gasteiger partial charge >= 0.3 is 0 Å². The number of halogens is 1. The molecule has 0 saturated heterocycles. The molecule has 2 N–H and O–H groups in total. The van der Waals surface area contributed by atoms with E-state index in [4.69, 9.17) is 11.6 Å². The highest BCUT2D eigenvalue weighted by atomic mass is 35.5. The van der Waals surface area contributed by atoms with E-state index in [0.29, 0.717) is 23.3 Å². The van der Waals surface area contributed by atoms with Gasteiger partial charge in [0.25, 0.3) is 5.91 Å². The van der Waals surface area contributed by atoms with E-state index in [1.807, 2.05) is 24.3 Å². The molecule has 114 valence electrons. The first-order valence-corrected chi connectivity index (χ1v) is 7.69. The van der Waals surface area contributed by atoms with Gasteiger partial charge in [-0.2, -0.15) is 0 Å². The summed E-state index contributed by atoms with van der Waals surface area (Å²) in [5, 5.41) is 4.60. The van der Waals surface area contributed by atoms with Crippen molar-refractivity contribution < 1.29 is 4.79 Å². The minimum absolute atomic E-state index is 0.0814. The third-order valence-corrected chi connectivity index (χ3v) is 3.89. The summed E-state index contributed by atoms with van der Waals surface area (Å²) in [7, 11) is 0. The van der Waals surface area contributed by atoms with E-state index < -0.39 is 0 Å². The van der Waals surface area contributed by atoms with Crippen LogP contribution in [0.4, 0.5) is 0 Å². The van der Waals surface area contributed by atoms with Crippen LogP contribution in [0.15, 0.2) is 24.3 Å². The Bertz CT molecular complexity index is 621. The summed E-state index contributed by atoms with van der Waals surface area (Å²) in [6.45, 7) is 8.92. The standard InChI is InChI=1S/C16H22ClN3O/c1-4-20(11(2)3)8-7-18-16(21)15-9-12-5-6-13(17)10-14(12)19-15/h5-6,9-11,19H,4,7-8H2,1-3H3,(H,18,21). The number of hydrogen-bond donors (Lipinski definition) is 2. The maximum absolute atomic E-state index is 12.1. The third-order valence-electron chi connectivity index (χ3n) is 3.65. The molecule has 0 radical (unpaired) electrons. The van der Waals surface area contributed by atoms with Crippen molar-refractivity contribution in [2.75, 3.05) is 19.6 Å². The van der Waals surface area contributed by atoms with Crippen molar-refractivity contribution in [3.05, 3.63) is 35.0 Å². The number of nitrogens with zero attached hydrogens (tertiary/aromatic N) is 1. The van der Waals surface area contributed by atoms with Gasteiger partial charge in [-0.3, -0.25) is 9.69 Å². The van der Waals surface area contributed by atoms with Gasteiger partial charge in [-0.15, -0.1) is 0 Å². The van der Waals surface area contributed by atoms with Crippen LogP contribution >= 0.6 is 11.6 Å². The van der Waals surface area contributed by atoms with Gasteiger partial charge in [0.15, 0.2) is 0 Å². The monoisotopic (exact) mass is 307 g/mol. The van der Waals surface area contributed by atoms with Crippen molar-refractivity contribution in [3.63, 3.8) is 0 Å². The van der Waals surface area contributed by atoms with Crippen LogP contribution in [0.5, 0.6) is 0 Å². The zero-order chi connectivity index (χ0) is 15.4. The highest BCUT2D eigenvalue weighted by molar-refractivity contribution is 6.31. The fraction of sp³-hybridized carbons (Fsp3) is 0.438. The molecular formula is C16H22ClN3O. The fourth-order valence-corrected chi connectivity index (χ4v) is 2.58. The van der Waals surface area contributed by atoms with Crippen LogP contribution in [-0.2, 0) is 0 Å². The van der Waals surface area contributed by atoms with Crippen LogP contribution in [0.2, 0.25) is 5.02 Å². The number of aromatic nitrogens is 1. The Morgan fingerprint density at radius 1 is 1.38 bits per heavy atom. The molecule has 0 saturated carbocycles. The van der Waals surface area contributed by atoms with Crippen LogP contribution in [-0.4, -0.2) is 41.5 Å². The van der Waals surface area contributed by atoms with Crippen LogP contribution in [0.1, 0.15) is 31.3 Å². The summed E-state index contributed by atoms with van der Waals surface area (Å²) >= 11 is 5.95. The van der Waals surface area contributed by atoms with Crippen molar-refractivity contribution >= 4 is 28.4 Å². The Hall–Kier alpha value is -1.52. The Balaban J connectivity index is 1.96. The zero-order valence-corrected chi connectivity index (χ0v) is 13.5.